The summed E-state index contributed by atoms with van der Waals surface area (Å²) in [6, 6.07) is 11.2. The molecule has 0 spiro atoms. The summed E-state index contributed by atoms with van der Waals surface area (Å²) >= 11 is 0. The molecule has 0 atom stereocenters. The fraction of sp³-hybridized carbons (Fsp3) is 0.400. The van der Waals surface area contributed by atoms with Gasteiger partial charge in [0.2, 0.25) is 10.0 Å². The highest BCUT2D eigenvalue weighted by Crippen LogP contribution is 2.15. The lowest BCUT2D eigenvalue weighted by molar-refractivity contribution is 0.0955. The number of piperazine rings is 1. The number of pyridine rings is 1. The van der Waals surface area contributed by atoms with Crippen LogP contribution in [0.1, 0.15) is 21.5 Å². The fourth-order valence-electron chi connectivity index (χ4n) is 3.25. The van der Waals surface area contributed by atoms with Crippen molar-refractivity contribution in [3.63, 3.8) is 0 Å². The molecule has 150 valence electrons. The smallest absolute Gasteiger partial charge is 0.251 e. The standard InChI is InChI=1S/C20H26N4O3S/c1-16-6-5-7-18(17(16)2)20(25)22-10-15-28(26,27)24-13-11-23(12-14-24)19-8-3-4-9-21-19/h3-9H,10-15H2,1-2H3,(H,22,25). The Morgan fingerprint density at radius 1 is 1.07 bits per heavy atom. The maximum atomic E-state index is 12.6. The van der Waals surface area contributed by atoms with E-state index in [4.69, 9.17) is 0 Å². The minimum absolute atomic E-state index is 0.0923. The molecule has 1 amide bonds. The number of hydrogen-bond acceptors (Lipinski definition) is 5. The van der Waals surface area contributed by atoms with E-state index in [-0.39, 0.29) is 18.2 Å². The van der Waals surface area contributed by atoms with Crippen molar-refractivity contribution >= 4 is 21.7 Å². The Morgan fingerprint density at radius 3 is 2.50 bits per heavy atom. The third-order valence-electron chi connectivity index (χ3n) is 5.10. The van der Waals surface area contributed by atoms with E-state index in [0.29, 0.717) is 31.7 Å². The average molecular weight is 403 g/mol. The molecule has 0 bridgehead atoms. The first-order chi connectivity index (χ1) is 13.4. The van der Waals surface area contributed by atoms with Crippen LogP contribution in [0.15, 0.2) is 42.6 Å². The van der Waals surface area contributed by atoms with Crippen molar-refractivity contribution in [2.45, 2.75) is 13.8 Å². The van der Waals surface area contributed by atoms with Gasteiger partial charge in [-0.3, -0.25) is 4.79 Å². The van der Waals surface area contributed by atoms with Gasteiger partial charge in [-0.05, 0) is 43.2 Å². The Labute approximate surface area is 166 Å². The zero-order valence-corrected chi connectivity index (χ0v) is 17.1. The maximum Gasteiger partial charge on any atom is 0.251 e. The molecule has 0 aliphatic carbocycles. The molecule has 1 N–H and O–H groups in total. The summed E-state index contributed by atoms with van der Waals surface area (Å²) in [7, 11) is -3.41. The van der Waals surface area contributed by atoms with E-state index in [1.54, 1.807) is 12.3 Å². The molecule has 1 fully saturated rings. The molecule has 1 aliphatic heterocycles. The normalized spacial score (nSPS) is 15.4. The van der Waals surface area contributed by atoms with Crippen LogP contribution in [0.5, 0.6) is 0 Å². The maximum absolute atomic E-state index is 12.6. The van der Waals surface area contributed by atoms with Gasteiger partial charge in [-0.1, -0.05) is 18.2 Å². The summed E-state index contributed by atoms with van der Waals surface area (Å²) in [6.07, 6.45) is 1.73. The van der Waals surface area contributed by atoms with E-state index >= 15 is 0 Å². The molecular formula is C20H26N4O3S. The molecule has 1 aromatic heterocycles. The van der Waals surface area contributed by atoms with Crippen molar-refractivity contribution in [2.75, 3.05) is 43.4 Å². The first-order valence-corrected chi connectivity index (χ1v) is 11.0. The number of aryl methyl sites for hydroxylation is 1. The van der Waals surface area contributed by atoms with Gasteiger partial charge >= 0.3 is 0 Å². The summed E-state index contributed by atoms with van der Waals surface area (Å²) < 4.78 is 26.7. The number of rotatable bonds is 6. The number of nitrogens with zero attached hydrogens (tertiary/aromatic N) is 3. The van der Waals surface area contributed by atoms with Crippen LogP contribution in [0.2, 0.25) is 0 Å². The second kappa shape index (κ2) is 8.70. The molecule has 7 nitrogen and oxygen atoms in total. The van der Waals surface area contributed by atoms with Crippen LogP contribution in [0.3, 0.4) is 0 Å². The van der Waals surface area contributed by atoms with Gasteiger partial charge in [-0.2, -0.15) is 4.31 Å². The summed E-state index contributed by atoms with van der Waals surface area (Å²) in [5, 5.41) is 2.73. The zero-order chi connectivity index (χ0) is 20.1. The van der Waals surface area contributed by atoms with Crippen molar-refractivity contribution in [1.29, 1.82) is 0 Å². The highest BCUT2D eigenvalue weighted by molar-refractivity contribution is 7.89. The molecule has 0 unspecified atom stereocenters. The van der Waals surface area contributed by atoms with E-state index in [9.17, 15) is 13.2 Å². The van der Waals surface area contributed by atoms with Crippen molar-refractivity contribution in [3.05, 3.63) is 59.3 Å². The number of sulfonamides is 1. The second-order valence-corrected chi connectivity index (χ2v) is 8.98. The third-order valence-corrected chi connectivity index (χ3v) is 6.97. The first-order valence-electron chi connectivity index (χ1n) is 9.37. The van der Waals surface area contributed by atoms with Gasteiger partial charge in [-0.25, -0.2) is 13.4 Å². The van der Waals surface area contributed by atoms with Crippen molar-refractivity contribution in [1.82, 2.24) is 14.6 Å². The third kappa shape index (κ3) is 4.69. The summed E-state index contributed by atoms with van der Waals surface area (Å²) in [5.41, 5.74) is 2.53. The monoisotopic (exact) mass is 402 g/mol. The highest BCUT2D eigenvalue weighted by Gasteiger charge is 2.27. The molecule has 0 radical (unpaired) electrons. The molecule has 2 aromatic rings. The van der Waals surface area contributed by atoms with Gasteiger partial charge in [0.05, 0.1) is 5.75 Å². The quantitative estimate of drug-likeness (QED) is 0.793. The Kier molecular flexibility index (Phi) is 6.31. The van der Waals surface area contributed by atoms with Crippen molar-refractivity contribution in [2.24, 2.45) is 0 Å². The lowest BCUT2D eigenvalue weighted by Crippen LogP contribution is -2.50. The van der Waals surface area contributed by atoms with Crippen molar-refractivity contribution in [3.8, 4) is 0 Å². The fourth-order valence-corrected chi connectivity index (χ4v) is 4.59. The van der Waals surface area contributed by atoms with E-state index < -0.39 is 10.0 Å². The second-order valence-electron chi connectivity index (χ2n) is 6.89. The van der Waals surface area contributed by atoms with Crippen LogP contribution in [-0.2, 0) is 10.0 Å². The van der Waals surface area contributed by atoms with Crippen LogP contribution in [-0.4, -0.2) is 62.1 Å². The highest BCUT2D eigenvalue weighted by atomic mass is 32.2. The van der Waals surface area contributed by atoms with Gasteiger partial charge in [0, 0.05) is 44.5 Å². The number of aromatic nitrogens is 1. The van der Waals surface area contributed by atoms with Crippen LogP contribution in [0.4, 0.5) is 5.82 Å². The number of carbonyl (C=O) groups excluding carboxylic acids is 1. The molecule has 1 aromatic carbocycles. The molecule has 1 saturated heterocycles. The van der Waals surface area contributed by atoms with Gasteiger partial charge in [-0.15, -0.1) is 0 Å². The van der Waals surface area contributed by atoms with Crippen molar-refractivity contribution < 1.29 is 13.2 Å². The van der Waals surface area contributed by atoms with E-state index in [1.807, 2.05) is 44.2 Å². The minimum Gasteiger partial charge on any atom is -0.354 e. The number of nitrogens with one attached hydrogen (secondary N) is 1. The number of anilines is 1. The topological polar surface area (TPSA) is 82.6 Å². The van der Waals surface area contributed by atoms with E-state index in [1.165, 1.54) is 4.31 Å². The lowest BCUT2D eigenvalue weighted by atomic mass is 10.0. The van der Waals surface area contributed by atoms with Crippen LogP contribution in [0.25, 0.3) is 0 Å². The number of amides is 1. The Bertz CT molecular complexity index is 924. The van der Waals surface area contributed by atoms with Crippen LogP contribution in [0, 0.1) is 13.8 Å². The lowest BCUT2D eigenvalue weighted by Gasteiger charge is -2.34. The number of benzene rings is 1. The number of carbonyl (C=O) groups is 1. The summed E-state index contributed by atoms with van der Waals surface area (Å²) in [5.74, 6) is 0.518. The molecule has 8 heteroatoms. The molecular weight excluding hydrogens is 376 g/mol. The SMILES string of the molecule is Cc1cccc(C(=O)NCCS(=O)(=O)N2CCN(c3ccccn3)CC2)c1C. The molecule has 3 rings (SSSR count). The van der Waals surface area contributed by atoms with Gasteiger partial charge in [0.1, 0.15) is 5.82 Å². The number of hydrogen-bond donors (Lipinski definition) is 1. The Hall–Kier alpha value is -2.45. The van der Waals surface area contributed by atoms with Crippen LogP contribution >= 0.6 is 0 Å². The molecule has 0 saturated carbocycles. The minimum atomic E-state index is -3.41. The average Bonchev–Trinajstić information content (AvgIpc) is 2.70. The largest absolute Gasteiger partial charge is 0.354 e. The zero-order valence-electron chi connectivity index (χ0n) is 16.3. The van der Waals surface area contributed by atoms with E-state index in [0.717, 1.165) is 16.9 Å². The van der Waals surface area contributed by atoms with E-state index in [2.05, 4.69) is 15.2 Å². The summed E-state index contributed by atoms with van der Waals surface area (Å²) in [6.45, 7) is 5.97. The Balaban J connectivity index is 1.51. The first kappa shape index (κ1) is 20.3. The molecule has 1 aliphatic rings. The van der Waals surface area contributed by atoms with Gasteiger partial charge in [0.15, 0.2) is 0 Å². The molecule has 2 heterocycles. The predicted octanol–water partition coefficient (Wildman–Crippen LogP) is 1.58. The van der Waals surface area contributed by atoms with Gasteiger partial charge < -0.3 is 10.2 Å². The summed E-state index contributed by atoms with van der Waals surface area (Å²) in [4.78, 5) is 18.7. The Morgan fingerprint density at radius 2 is 1.82 bits per heavy atom. The predicted molar refractivity (Wildman–Crippen MR) is 110 cm³/mol. The van der Waals surface area contributed by atoms with Crippen LogP contribution < -0.4 is 10.2 Å². The van der Waals surface area contributed by atoms with Gasteiger partial charge in [0.25, 0.3) is 5.91 Å². The molecule has 28 heavy (non-hydrogen) atoms.